The molecule has 0 amide bonds. The largest absolute Gasteiger partial charge is 0.383 e. The van der Waals surface area contributed by atoms with Gasteiger partial charge in [-0.05, 0) is 42.9 Å². The fraction of sp³-hybridized carbons (Fsp3) is 0.318. The second-order valence-corrected chi connectivity index (χ2v) is 6.76. The summed E-state index contributed by atoms with van der Waals surface area (Å²) in [5.74, 6) is -0.183. The highest BCUT2D eigenvalue weighted by molar-refractivity contribution is 5.98. The number of rotatable bonds is 6. The number of para-hydroxylation sites is 1. The van der Waals surface area contributed by atoms with Crippen molar-refractivity contribution in [2.45, 2.75) is 20.3 Å². The molecule has 0 radical (unpaired) electrons. The van der Waals surface area contributed by atoms with Crippen molar-refractivity contribution in [3.8, 4) is 11.3 Å². The van der Waals surface area contributed by atoms with E-state index in [1.807, 2.05) is 24.3 Å². The molecule has 0 aliphatic heterocycles. The lowest BCUT2D eigenvalue weighted by atomic mass is 10.1. The molecule has 0 saturated carbocycles. The summed E-state index contributed by atoms with van der Waals surface area (Å²) in [4.78, 5) is 7.29. The molecular formula is C22H24FN3. The van der Waals surface area contributed by atoms with Crippen molar-refractivity contribution in [3.63, 3.8) is 0 Å². The first kappa shape index (κ1) is 17.0. The second kappa shape index (κ2) is 7.04. The molecule has 1 heterocycles. The zero-order valence-electron chi connectivity index (χ0n) is 15.3. The first-order chi connectivity index (χ1) is 12.7. The molecule has 1 N–H and O–H groups in total. The van der Waals surface area contributed by atoms with Gasteiger partial charge in [0.25, 0.3) is 0 Å². The maximum atomic E-state index is 13.7. The first-order valence-electron chi connectivity index (χ1n) is 9.38. The smallest absolute Gasteiger partial charge is 0.123 e. The molecule has 0 bridgehead atoms. The summed E-state index contributed by atoms with van der Waals surface area (Å²) in [6.45, 7) is 8.37. The molecule has 2 aromatic carbocycles. The Morgan fingerprint density at radius 1 is 1.12 bits per heavy atom. The summed E-state index contributed by atoms with van der Waals surface area (Å²) >= 11 is 0. The van der Waals surface area contributed by atoms with Crippen molar-refractivity contribution in [2.24, 2.45) is 0 Å². The number of fused-ring (bicyclic) bond motifs is 4. The van der Waals surface area contributed by atoms with Crippen LogP contribution >= 0.6 is 0 Å². The number of nitrogens with zero attached hydrogens (tertiary/aromatic N) is 2. The van der Waals surface area contributed by atoms with Crippen LogP contribution in [0, 0.1) is 5.82 Å². The van der Waals surface area contributed by atoms with E-state index in [1.54, 1.807) is 6.07 Å². The lowest BCUT2D eigenvalue weighted by Crippen LogP contribution is -2.28. The number of hydrogen-bond acceptors (Lipinski definition) is 3. The number of nitrogens with one attached hydrogen (secondary N) is 1. The zero-order chi connectivity index (χ0) is 18.1. The van der Waals surface area contributed by atoms with Gasteiger partial charge in [-0.3, -0.25) is 0 Å². The third kappa shape index (κ3) is 2.95. The molecule has 0 fully saturated rings. The van der Waals surface area contributed by atoms with Crippen LogP contribution in [-0.4, -0.2) is 36.1 Å². The van der Waals surface area contributed by atoms with Gasteiger partial charge in [-0.2, -0.15) is 0 Å². The summed E-state index contributed by atoms with van der Waals surface area (Å²) in [7, 11) is 0. The molecule has 0 atom stereocenters. The van der Waals surface area contributed by atoms with Gasteiger partial charge in [0.1, 0.15) is 5.82 Å². The van der Waals surface area contributed by atoms with Gasteiger partial charge in [0.2, 0.25) is 0 Å². The Labute approximate surface area is 153 Å². The van der Waals surface area contributed by atoms with Crippen LogP contribution in [0.4, 0.5) is 10.1 Å². The molecule has 26 heavy (non-hydrogen) atoms. The Morgan fingerprint density at radius 2 is 1.92 bits per heavy atom. The van der Waals surface area contributed by atoms with Gasteiger partial charge in [0, 0.05) is 41.7 Å². The quantitative estimate of drug-likeness (QED) is 0.547. The number of likely N-dealkylation sites (N-methyl/N-ethyl adjacent to an activating group) is 1. The molecule has 4 rings (SSSR count). The third-order valence-electron chi connectivity index (χ3n) is 5.31. The predicted octanol–water partition coefficient (Wildman–Crippen LogP) is 4.70. The molecule has 0 spiro atoms. The van der Waals surface area contributed by atoms with E-state index in [-0.39, 0.29) is 5.82 Å². The maximum absolute atomic E-state index is 13.7. The van der Waals surface area contributed by atoms with Crippen LogP contribution in [0.3, 0.4) is 0 Å². The topological polar surface area (TPSA) is 28.2 Å². The summed E-state index contributed by atoms with van der Waals surface area (Å²) in [6.07, 6.45) is 0.730. The molecule has 3 nitrogen and oxygen atoms in total. The third-order valence-corrected chi connectivity index (χ3v) is 5.31. The Balaban J connectivity index is 1.75. The van der Waals surface area contributed by atoms with Crippen LogP contribution < -0.4 is 5.32 Å². The molecule has 1 aliphatic rings. The van der Waals surface area contributed by atoms with E-state index in [0.29, 0.717) is 0 Å². The Kier molecular flexibility index (Phi) is 4.60. The molecule has 0 saturated heterocycles. The number of anilines is 1. The minimum absolute atomic E-state index is 0.183. The molecule has 134 valence electrons. The molecule has 4 heteroatoms. The molecule has 1 aliphatic carbocycles. The van der Waals surface area contributed by atoms with Gasteiger partial charge in [-0.1, -0.05) is 32.0 Å². The van der Waals surface area contributed by atoms with E-state index < -0.39 is 0 Å². The van der Waals surface area contributed by atoms with E-state index in [9.17, 15) is 4.39 Å². The van der Waals surface area contributed by atoms with Crippen LogP contribution in [0.2, 0.25) is 0 Å². The minimum Gasteiger partial charge on any atom is -0.383 e. The van der Waals surface area contributed by atoms with Crippen LogP contribution in [-0.2, 0) is 6.42 Å². The predicted molar refractivity (Wildman–Crippen MR) is 106 cm³/mol. The lowest BCUT2D eigenvalue weighted by molar-refractivity contribution is 0.316. The Hall–Kier alpha value is -2.46. The van der Waals surface area contributed by atoms with Crippen LogP contribution in [0.5, 0.6) is 0 Å². The number of halogens is 1. The highest BCUT2D eigenvalue weighted by Crippen LogP contribution is 2.42. The Bertz CT molecular complexity index is 948. The Morgan fingerprint density at radius 3 is 2.73 bits per heavy atom. The average Bonchev–Trinajstić information content (AvgIpc) is 3.01. The summed E-state index contributed by atoms with van der Waals surface area (Å²) < 4.78 is 13.7. The van der Waals surface area contributed by atoms with Gasteiger partial charge in [-0.25, -0.2) is 9.37 Å². The highest BCUT2D eigenvalue weighted by atomic mass is 19.1. The standard InChI is InChI=1S/C22H24FN3/c1-3-26(4-2)12-11-24-21-18-7-5-6-8-20(18)25-22-17-10-9-16(23)13-15(17)14-19(21)22/h5-10,13H,3-4,11-12,14H2,1-2H3,(H,24,25). The number of pyridine rings is 1. The first-order valence-corrected chi connectivity index (χ1v) is 9.38. The fourth-order valence-electron chi connectivity index (χ4n) is 3.86. The maximum Gasteiger partial charge on any atom is 0.123 e. The van der Waals surface area contributed by atoms with E-state index in [4.69, 9.17) is 4.98 Å². The van der Waals surface area contributed by atoms with E-state index in [1.165, 1.54) is 11.6 Å². The van der Waals surface area contributed by atoms with Crippen molar-refractivity contribution in [2.75, 3.05) is 31.5 Å². The van der Waals surface area contributed by atoms with Crippen molar-refractivity contribution in [1.82, 2.24) is 9.88 Å². The van der Waals surface area contributed by atoms with Gasteiger partial charge in [0.05, 0.1) is 11.2 Å². The lowest BCUT2D eigenvalue weighted by Gasteiger charge is -2.20. The summed E-state index contributed by atoms with van der Waals surface area (Å²) in [5.41, 5.74) is 6.38. The SMILES string of the molecule is CCN(CC)CCNc1c2c(nc3ccccc13)-c1ccc(F)cc1C2. The normalized spacial score (nSPS) is 12.5. The van der Waals surface area contributed by atoms with Gasteiger partial charge in [-0.15, -0.1) is 0 Å². The van der Waals surface area contributed by atoms with E-state index in [2.05, 4.69) is 30.1 Å². The molecule has 3 aromatic rings. The number of benzene rings is 2. The van der Waals surface area contributed by atoms with Crippen LogP contribution in [0.1, 0.15) is 25.0 Å². The summed E-state index contributed by atoms with van der Waals surface area (Å²) in [5, 5.41) is 4.80. The summed E-state index contributed by atoms with van der Waals surface area (Å²) in [6, 6.07) is 13.3. The van der Waals surface area contributed by atoms with Crippen molar-refractivity contribution >= 4 is 16.6 Å². The minimum atomic E-state index is -0.183. The van der Waals surface area contributed by atoms with Crippen LogP contribution in [0.25, 0.3) is 22.2 Å². The van der Waals surface area contributed by atoms with Crippen molar-refractivity contribution in [1.29, 1.82) is 0 Å². The average molecular weight is 349 g/mol. The van der Waals surface area contributed by atoms with Gasteiger partial charge < -0.3 is 10.2 Å². The second-order valence-electron chi connectivity index (χ2n) is 6.76. The monoisotopic (exact) mass is 349 g/mol. The number of hydrogen-bond donors (Lipinski definition) is 1. The van der Waals surface area contributed by atoms with Crippen LogP contribution in [0.15, 0.2) is 42.5 Å². The zero-order valence-corrected chi connectivity index (χ0v) is 15.3. The fourth-order valence-corrected chi connectivity index (χ4v) is 3.86. The van der Waals surface area contributed by atoms with E-state index in [0.717, 1.165) is 66.0 Å². The highest BCUT2D eigenvalue weighted by Gasteiger charge is 2.25. The van der Waals surface area contributed by atoms with Crippen molar-refractivity contribution in [3.05, 3.63) is 59.4 Å². The van der Waals surface area contributed by atoms with E-state index >= 15 is 0 Å². The van der Waals surface area contributed by atoms with Crippen molar-refractivity contribution < 1.29 is 4.39 Å². The van der Waals surface area contributed by atoms with Gasteiger partial charge >= 0.3 is 0 Å². The van der Waals surface area contributed by atoms with Gasteiger partial charge in [0.15, 0.2) is 0 Å². The molecule has 1 aromatic heterocycles. The number of aromatic nitrogens is 1. The molecule has 0 unspecified atom stereocenters. The molecular weight excluding hydrogens is 325 g/mol.